The van der Waals surface area contributed by atoms with Crippen LogP contribution in [0.4, 0.5) is 0 Å². The number of nitrogens with zero attached hydrogens (tertiary/aromatic N) is 1. The SMILES string of the molecule is NC(N)=[NH+]Cc1cccc(C[NH+]=C(N)N)n1. The Morgan fingerprint density at radius 3 is 1.75 bits per heavy atom. The molecular weight excluding hydrogens is 206 g/mol. The second-order valence-electron chi connectivity index (χ2n) is 3.24. The van der Waals surface area contributed by atoms with Crippen molar-refractivity contribution in [1.82, 2.24) is 4.98 Å². The summed E-state index contributed by atoms with van der Waals surface area (Å²) in [5.41, 5.74) is 22.8. The van der Waals surface area contributed by atoms with Crippen LogP contribution in [0.2, 0.25) is 0 Å². The fourth-order valence-corrected chi connectivity index (χ4v) is 1.11. The van der Waals surface area contributed by atoms with Crippen LogP contribution >= 0.6 is 0 Å². The fraction of sp³-hybridized carbons (Fsp3) is 0.222. The van der Waals surface area contributed by atoms with Gasteiger partial charge in [0.15, 0.2) is 0 Å². The van der Waals surface area contributed by atoms with Crippen LogP contribution in [0.1, 0.15) is 11.4 Å². The normalized spacial score (nSPS) is 9.50. The Morgan fingerprint density at radius 2 is 1.38 bits per heavy atom. The van der Waals surface area contributed by atoms with Crippen LogP contribution in [0.15, 0.2) is 18.2 Å². The van der Waals surface area contributed by atoms with Crippen LogP contribution in [-0.4, -0.2) is 16.9 Å². The number of guanidine groups is 2. The molecule has 16 heavy (non-hydrogen) atoms. The lowest BCUT2D eigenvalue weighted by atomic mass is 10.3. The van der Waals surface area contributed by atoms with Crippen LogP contribution in [-0.2, 0) is 13.1 Å². The van der Waals surface area contributed by atoms with Crippen molar-refractivity contribution in [3.63, 3.8) is 0 Å². The lowest BCUT2D eigenvalue weighted by molar-refractivity contribution is -0.480. The van der Waals surface area contributed by atoms with Gasteiger partial charge in [-0.1, -0.05) is 6.07 Å². The summed E-state index contributed by atoms with van der Waals surface area (Å²) in [5, 5.41) is 0. The molecule has 0 spiro atoms. The third kappa shape index (κ3) is 4.27. The second kappa shape index (κ2) is 5.54. The van der Waals surface area contributed by atoms with E-state index in [1.807, 2.05) is 18.2 Å². The van der Waals surface area contributed by atoms with Gasteiger partial charge in [-0.05, 0) is 12.1 Å². The molecule has 1 aromatic rings. The first-order chi connectivity index (χ1) is 7.58. The predicted molar refractivity (Wildman–Crippen MR) is 60.3 cm³/mol. The van der Waals surface area contributed by atoms with Crippen LogP contribution in [0, 0.1) is 0 Å². The van der Waals surface area contributed by atoms with Gasteiger partial charge in [0.2, 0.25) is 0 Å². The van der Waals surface area contributed by atoms with E-state index in [2.05, 4.69) is 15.0 Å². The number of hydrogen-bond donors (Lipinski definition) is 6. The zero-order valence-electron chi connectivity index (χ0n) is 8.90. The molecule has 0 aliphatic rings. The first-order valence-corrected chi connectivity index (χ1v) is 4.76. The van der Waals surface area contributed by atoms with Crippen LogP contribution in [0.25, 0.3) is 0 Å². The van der Waals surface area contributed by atoms with Crippen LogP contribution < -0.4 is 32.9 Å². The molecule has 0 aromatic carbocycles. The maximum absolute atomic E-state index is 5.28. The number of nitrogens with two attached hydrogens (primary N) is 4. The molecule has 0 radical (unpaired) electrons. The predicted octanol–water partition coefficient (Wildman–Crippen LogP) is -5.21. The van der Waals surface area contributed by atoms with Gasteiger partial charge in [0, 0.05) is 0 Å². The molecule has 1 heterocycles. The summed E-state index contributed by atoms with van der Waals surface area (Å²) in [6, 6.07) is 5.63. The van der Waals surface area contributed by atoms with Crippen molar-refractivity contribution in [2.24, 2.45) is 22.9 Å². The van der Waals surface area contributed by atoms with E-state index in [-0.39, 0.29) is 11.9 Å². The molecule has 0 bridgehead atoms. The quantitative estimate of drug-likeness (QED) is 0.223. The summed E-state index contributed by atoms with van der Waals surface area (Å²) < 4.78 is 0. The molecular formula is C9H17N7+2. The van der Waals surface area contributed by atoms with Crippen molar-refractivity contribution < 1.29 is 9.98 Å². The zero-order valence-corrected chi connectivity index (χ0v) is 8.90. The van der Waals surface area contributed by atoms with Gasteiger partial charge in [-0.2, -0.15) is 0 Å². The number of nitrogens with one attached hydrogen (secondary N) is 2. The molecule has 0 aliphatic heterocycles. The van der Waals surface area contributed by atoms with Gasteiger partial charge in [-0.3, -0.25) is 37.9 Å². The van der Waals surface area contributed by atoms with E-state index in [4.69, 9.17) is 22.9 Å². The summed E-state index contributed by atoms with van der Waals surface area (Å²) in [5.74, 6) is 0.342. The van der Waals surface area contributed by atoms with Crippen molar-refractivity contribution >= 4 is 11.9 Å². The Balaban J connectivity index is 2.71. The molecule has 0 unspecified atom stereocenters. The van der Waals surface area contributed by atoms with Gasteiger partial charge in [0.25, 0.3) is 0 Å². The van der Waals surface area contributed by atoms with E-state index >= 15 is 0 Å². The van der Waals surface area contributed by atoms with Crippen LogP contribution in [0.3, 0.4) is 0 Å². The minimum Gasteiger partial charge on any atom is -0.291 e. The van der Waals surface area contributed by atoms with E-state index < -0.39 is 0 Å². The fourth-order valence-electron chi connectivity index (χ4n) is 1.11. The Bertz CT molecular complexity index is 367. The van der Waals surface area contributed by atoms with Crippen molar-refractivity contribution in [1.29, 1.82) is 0 Å². The highest BCUT2D eigenvalue weighted by Gasteiger charge is 1.98. The molecule has 0 fully saturated rings. The largest absolute Gasteiger partial charge is 0.339 e. The van der Waals surface area contributed by atoms with Gasteiger partial charge < -0.3 is 0 Å². The zero-order chi connectivity index (χ0) is 12.0. The van der Waals surface area contributed by atoms with Crippen molar-refractivity contribution in [3.05, 3.63) is 29.6 Å². The molecule has 7 heteroatoms. The summed E-state index contributed by atoms with van der Waals surface area (Å²) in [6.07, 6.45) is 0. The first kappa shape index (κ1) is 11.8. The standard InChI is InChI=1S/C9H15N7/c10-8(11)14-4-6-2-1-3-7(16-6)5-15-9(12)13/h1-3H,4-5H2,(H4,10,11,14)(H4,12,13,15)/p+2. The average Bonchev–Trinajstić information content (AvgIpc) is 2.24. The lowest BCUT2D eigenvalue weighted by Crippen LogP contribution is -2.77. The van der Waals surface area contributed by atoms with Gasteiger partial charge in [0.05, 0.1) is 11.4 Å². The van der Waals surface area contributed by atoms with E-state index in [1.54, 1.807) is 0 Å². The van der Waals surface area contributed by atoms with E-state index in [1.165, 1.54) is 0 Å². The summed E-state index contributed by atoms with van der Waals surface area (Å²) in [6.45, 7) is 0.968. The van der Waals surface area contributed by atoms with Crippen molar-refractivity contribution in [3.8, 4) is 0 Å². The third-order valence-electron chi connectivity index (χ3n) is 1.81. The van der Waals surface area contributed by atoms with Gasteiger partial charge in [-0.25, -0.2) is 0 Å². The lowest BCUT2D eigenvalue weighted by Gasteiger charge is -1.99. The number of pyridine rings is 1. The van der Waals surface area contributed by atoms with E-state index in [9.17, 15) is 0 Å². The molecule has 10 N–H and O–H groups in total. The average molecular weight is 223 g/mol. The monoisotopic (exact) mass is 223 g/mol. The summed E-state index contributed by atoms with van der Waals surface area (Å²) >= 11 is 0. The van der Waals surface area contributed by atoms with Gasteiger partial charge in [0.1, 0.15) is 13.1 Å². The second-order valence-corrected chi connectivity index (χ2v) is 3.24. The maximum atomic E-state index is 5.28. The van der Waals surface area contributed by atoms with Crippen LogP contribution in [0.5, 0.6) is 0 Å². The first-order valence-electron chi connectivity index (χ1n) is 4.76. The molecule has 1 aromatic heterocycles. The van der Waals surface area contributed by atoms with Crippen molar-refractivity contribution in [2.75, 3.05) is 0 Å². The Hall–Kier alpha value is -2.31. The summed E-state index contributed by atoms with van der Waals surface area (Å²) in [7, 11) is 0. The molecule has 0 aliphatic carbocycles. The Labute approximate surface area is 93.3 Å². The topological polar surface area (TPSA) is 145 Å². The number of aromatic nitrogens is 1. The maximum Gasteiger partial charge on any atom is 0.339 e. The third-order valence-corrected chi connectivity index (χ3v) is 1.81. The summed E-state index contributed by atoms with van der Waals surface area (Å²) in [4.78, 5) is 9.92. The van der Waals surface area contributed by atoms with Gasteiger partial charge in [-0.15, -0.1) is 0 Å². The molecule has 0 saturated heterocycles. The molecule has 7 nitrogen and oxygen atoms in total. The Kier molecular flexibility index (Phi) is 4.07. The minimum absolute atomic E-state index is 0.171. The van der Waals surface area contributed by atoms with Gasteiger partial charge >= 0.3 is 11.9 Å². The highest BCUT2D eigenvalue weighted by molar-refractivity contribution is 5.69. The number of hydrogen-bond acceptors (Lipinski definition) is 1. The Morgan fingerprint density at radius 1 is 0.938 bits per heavy atom. The highest BCUT2D eigenvalue weighted by Crippen LogP contribution is 1.95. The smallest absolute Gasteiger partial charge is 0.291 e. The molecule has 86 valence electrons. The molecule has 1 rings (SSSR count). The molecule has 0 saturated carbocycles. The molecule has 0 atom stereocenters. The minimum atomic E-state index is 0.171. The van der Waals surface area contributed by atoms with E-state index in [0.29, 0.717) is 13.1 Å². The number of rotatable bonds is 4. The molecule has 0 amide bonds. The van der Waals surface area contributed by atoms with E-state index in [0.717, 1.165) is 11.4 Å². The van der Waals surface area contributed by atoms with Crippen molar-refractivity contribution in [2.45, 2.75) is 13.1 Å². The highest BCUT2D eigenvalue weighted by atomic mass is 15.0.